The Bertz CT molecular complexity index is 1360. The van der Waals surface area contributed by atoms with Crippen LogP contribution in [0, 0.1) is 5.82 Å². The van der Waals surface area contributed by atoms with Gasteiger partial charge in [0.25, 0.3) is 0 Å². The minimum Gasteiger partial charge on any atom is -1.00 e. The first-order valence-corrected chi connectivity index (χ1v) is 15.9. The van der Waals surface area contributed by atoms with Gasteiger partial charge in [0.15, 0.2) is 17.1 Å². The van der Waals surface area contributed by atoms with Gasteiger partial charge in [0.2, 0.25) is 12.2 Å². The van der Waals surface area contributed by atoms with E-state index in [9.17, 15) is 9.18 Å². The van der Waals surface area contributed by atoms with Crippen LogP contribution in [-0.2, 0) is 17.8 Å². The van der Waals surface area contributed by atoms with Gasteiger partial charge in [-0.05, 0) is 42.3 Å². The number of carbonyl (C=O) groups is 1. The molecule has 0 aliphatic carbocycles. The highest BCUT2D eigenvalue weighted by Gasteiger charge is 2.13. The lowest BCUT2D eigenvalue weighted by Crippen LogP contribution is -3.00. The molecule has 0 spiro atoms. The van der Waals surface area contributed by atoms with Crippen molar-refractivity contribution in [2.75, 3.05) is 11.9 Å². The number of imidazole rings is 1. The van der Waals surface area contributed by atoms with Crippen LogP contribution in [-0.4, -0.2) is 16.9 Å². The van der Waals surface area contributed by atoms with Gasteiger partial charge in [0, 0.05) is 11.3 Å². The number of aromatic nitrogens is 2. The van der Waals surface area contributed by atoms with Crippen LogP contribution in [0.1, 0.15) is 95.1 Å². The standard InChI is InChI=1S/C36H46FN3O2.BrH/c1-2-3-4-5-6-7-8-9-10-11-12-17-24-42-35-22-21-30(25-33(35)37)26-36(41)38-34-20-14-13-18-31(34)27-39-28-32-19-15-16-23-40(32)29-39;/h13-16,18-23,25,28-29H,2-12,17,24,26-27H2,1H3;1H. The number of anilines is 1. The van der Waals surface area contributed by atoms with Gasteiger partial charge in [-0.3, -0.25) is 4.79 Å². The molecule has 2 aromatic carbocycles. The number of benzene rings is 2. The van der Waals surface area contributed by atoms with Crippen molar-refractivity contribution in [1.82, 2.24) is 4.40 Å². The summed E-state index contributed by atoms with van der Waals surface area (Å²) in [6.07, 6.45) is 21.6. The summed E-state index contributed by atoms with van der Waals surface area (Å²) in [5.74, 6) is -0.347. The summed E-state index contributed by atoms with van der Waals surface area (Å²) >= 11 is 0. The topological polar surface area (TPSA) is 46.6 Å². The van der Waals surface area contributed by atoms with Gasteiger partial charge in [-0.15, -0.1) is 0 Å². The van der Waals surface area contributed by atoms with E-state index in [2.05, 4.69) is 33.5 Å². The van der Waals surface area contributed by atoms with E-state index in [4.69, 9.17) is 4.74 Å². The molecule has 1 amide bonds. The van der Waals surface area contributed by atoms with Crippen LogP contribution in [0.3, 0.4) is 0 Å². The Morgan fingerprint density at radius 1 is 0.860 bits per heavy atom. The van der Waals surface area contributed by atoms with Gasteiger partial charge in [-0.1, -0.05) is 108 Å². The van der Waals surface area contributed by atoms with Crippen LogP contribution >= 0.6 is 0 Å². The summed E-state index contributed by atoms with van der Waals surface area (Å²) in [6, 6.07) is 18.7. The predicted octanol–water partition coefficient (Wildman–Crippen LogP) is 5.68. The third-order valence-electron chi connectivity index (χ3n) is 7.75. The highest BCUT2D eigenvalue weighted by Crippen LogP contribution is 2.21. The monoisotopic (exact) mass is 651 g/mol. The van der Waals surface area contributed by atoms with Crippen LogP contribution < -0.4 is 31.6 Å². The molecule has 232 valence electrons. The highest BCUT2D eigenvalue weighted by molar-refractivity contribution is 5.93. The van der Waals surface area contributed by atoms with Crippen LogP contribution in [0.5, 0.6) is 5.75 Å². The number of unbranched alkanes of at least 4 members (excludes halogenated alkanes) is 11. The second-order valence-electron chi connectivity index (χ2n) is 11.3. The molecule has 0 fully saturated rings. The molecule has 0 bridgehead atoms. The van der Waals surface area contributed by atoms with Crippen LogP contribution in [0.4, 0.5) is 10.1 Å². The van der Waals surface area contributed by atoms with Gasteiger partial charge < -0.3 is 27.0 Å². The molecular weight excluding hydrogens is 605 g/mol. The van der Waals surface area contributed by atoms with Crippen LogP contribution in [0.15, 0.2) is 79.4 Å². The van der Waals surface area contributed by atoms with Crippen molar-refractivity contribution in [1.29, 1.82) is 0 Å². The second kappa shape index (κ2) is 19.2. The van der Waals surface area contributed by atoms with Gasteiger partial charge in [-0.2, -0.15) is 0 Å². The van der Waals surface area contributed by atoms with E-state index in [0.717, 1.165) is 29.6 Å². The number of halogens is 2. The average molecular weight is 653 g/mol. The molecule has 0 aliphatic rings. The zero-order chi connectivity index (χ0) is 29.4. The molecule has 1 N–H and O–H groups in total. The number of hydrogen-bond donors (Lipinski definition) is 1. The van der Waals surface area contributed by atoms with Crippen molar-refractivity contribution in [3.05, 3.63) is 96.3 Å². The molecule has 2 aromatic heterocycles. The number of nitrogens with one attached hydrogen (secondary N) is 1. The van der Waals surface area contributed by atoms with Gasteiger partial charge >= 0.3 is 0 Å². The van der Waals surface area contributed by atoms with E-state index in [1.165, 1.54) is 70.3 Å². The zero-order valence-corrected chi connectivity index (χ0v) is 27.2. The first-order chi connectivity index (χ1) is 20.6. The molecular formula is C36H47BrFN3O2. The van der Waals surface area contributed by atoms with E-state index in [0.29, 0.717) is 18.7 Å². The van der Waals surface area contributed by atoms with Gasteiger partial charge in [-0.25, -0.2) is 13.4 Å². The Hall–Kier alpha value is -3.19. The fourth-order valence-corrected chi connectivity index (χ4v) is 5.39. The zero-order valence-electron chi connectivity index (χ0n) is 25.6. The molecule has 0 saturated carbocycles. The van der Waals surface area contributed by atoms with Crippen molar-refractivity contribution >= 4 is 17.1 Å². The third-order valence-corrected chi connectivity index (χ3v) is 7.75. The summed E-state index contributed by atoms with van der Waals surface area (Å²) in [5.41, 5.74) is 3.48. The van der Waals surface area contributed by atoms with Crippen molar-refractivity contribution in [3.63, 3.8) is 0 Å². The number of para-hydroxylation sites is 1. The summed E-state index contributed by atoms with van der Waals surface area (Å²) < 4.78 is 24.6. The first kappa shape index (κ1) is 34.3. The number of carbonyl (C=O) groups excluding carboxylic acids is 1. The molecule has 43 heavy (non-hydrogen) atoms. The molecule has 7 heteroatoms. The highest BCUT2D eigenvalue weighted by atomic mass is 79.9. The summed E-state index contributed by atoms with van der Waals surface area (Å²) in [7, 11) is 0. The Kier molecular flexibility index (Phi) is 15.3. The lowest BCUT2D eigenvalue weighted by molar-refractivity contribution is -0.686. The Balaban J connectivity index is 0.00000506. The quantitative estimate of drug-likeness (QED) is 0.105. The Morgan fingerprint density at radius 3 is 2.23 bits per heavy atom. The van der Waals surface area contributed by atoms with E-state index in [-0.39, 0.29) is 35.1 Å². The van der Waals surface area contributed by atoms with Crippen LogP contribution in [0.2, 0.25) is 0 Å². The number of fused-ring (bicyclic) bond motifs is 1. The largest absolute Gasteiger partial charge is 1.00 e. The summed E-state index contributed by atoms with van der Waals surface area (Å²) in [5, 5.41) is 3.01. The molecule has 2 heterocycles. The van der Waals surface area contributed by atoms with E-state index >= 15 is 0 Å². The van der Waals surface area contributed by atoms with E-state index in [1.54, 1.807) is 12.1 Å². The molecule has 5 nitrogen and oxygen atoms in total. The van der Waals surface area contributed by atoms with Crippen molar-refractivity contribution in [2.24, 2.45) is 0 Å². The fraction of sp³-hybridized carbons (Fsp3) is 0.444. The van der Waals surface area contributed by atoms with Crippen molar-refractivity contribution < 1.29 is 35.5 Å². The maximum absolute atomic E-state index is 14.7. The Morgan fingerprint density at radius 2 is 1.53 bits per heavy atom. The number of ether oxygens (including phenoxy) is 1. The molecule has 4 aromatic rings. The lowest BCUT2D eigenvalue weighted by atomic mass is 10.1. The molecule has 0 aliphatic heterocycles. The number of hydrogen-bond acceptors (Lipinski definition) is 2. The minimum absolute atomic E-state index is 0. The predicted molar refractivity (Wildman–Crippen MR) is 168 cm³/mol. The maximum atomic E-state index is 14.7. The minimum atomic E-state index is -0.420. The van der Waals surface area contributed by atoms with Gasteiger partial charge in [0.05, 0.1) is 19.2 Å². The SMILES string of the molecule is CCCCCCCCCCCCCCOc1ccc(CC(=O)Nc2ccccc2C[n+]2cc3ccccn3c2)cc1F.[Br-]. The number of rotatable bonds is 19. The second-order valence-corrected chi connectivity index (χ2v) is 11.3. The average Bonchev–Trinajstić information content (AvgIpc) is 3.40. The summed E-state index contributed by atoms with van der Waals surface area (Å²) in [6.45, 7) is 3.40. The summed E-state index contributed by atoms with van der Waals surface area (Å²) in [4.78, 5) is 12.9. The third kappa shape index (κ3) is 11.8. The first-order valence-electron chi connectivity index (χ1n) is 15.9. The molecule has 0 saturated heterocycles. The molecule has 4 rings (SSSR count). The van der Waals surface area contributed by atoms with E-state index in [1.807, 2.05) is 48.9 Å². The Labute approximate surface area is 267 Å². The number of nitrogens with zero attached hydrogens (tertiary/aromatic N) is 2. The molecule has 0 atom stereocenters. The van der Waals surface area contributed by atoms with Gasteiger partial charge in [0.1, 0.15) is 12.7 Å². The van der Waals surface area contributed by atoms with Crippen molar-refractivity contribution in [2.45, 2.75) is 96.9 Å². The number of pyridine rings is 1. The number of amides is 1. The molecule has 0 unspecified atom stereocenters. The lowest BCUT2D eigenvalue weighted by Gasteiger charge is -2.11. The van der Waals surface area contributed by atoms with Crippen LogP contribution in [0.25, 0.3) is 5.52 Å². The fourth-order valence-electron chi connectivity index (χ4n) is 5.39. The van der Waals surface area contributed by atoms with Crippen molar-refractivity contribution in [3.8, 4) is 5.75 Å². The smallest absolute Gasteiger partial charge is 0.249 e. The maximum Gasteiger partial charge on any atom is 0.249 e. The van der Waals surface area contributed by atoms with E-state index < -0.39 is 5.82 Å². The normalized spacial score (nSPS) is 10.9. The molecule has 0 radical (unpaired) electrons.